The largest absolute Gasteiger partial charge is 0.444 e. The van der Waals surface area contributed by atoms with Crippen molar-refractivity contribution < 1.29 is 18.7 Å². The molecule has 1 aromatic carbocycles. The second-order valence-electron chi connectivity index (χ2n) is 9.55. The number of carbonyl (C=O) groups is 2. The fraction of sp³-hybridized carbons (Fsp3) is 0.417. The number of ether oxygens (including phenoxy) is 1. The van der Waals surface area contributed by atoms with Gasteiger partial charge in [-0.3, -0.25) is 4.79 Å². The van der Waals surface area contributed by atoms with Gasteiger partial charge in [-0.2, -0.15) is 0 Å². The van der Waals surface area contributed by atoms with E-state index in [1.54, 1.807) is 36.5 Å². The number of carbonyl (C=O) groups excluding carboxylic acids is 2. The third-order valence-corrected chi connectivity index (χ3v) is 7.76. The van der Waals surface area contributed by atoms with E-state index in [0.717, 1.165) is 40.6 Å². The first kappa shape index (κ1) is 23.6. The number of aromatic nitrogens is 2. The topological polar surface area (TPSA) is 110 Å². The molecule has 1 aliphatic rings. The predicted octanol–water partition coefficient (Wildman–Crippen LogP) is 5.55. The van der Waals surface area contributed by atoms with Gasteiger partial charge in [0.1, 0.15) is 15.9 Å². The summed E-state index contributed by atoms with van der Waals surface area (Å²) in [7, 11) is 0. The van der Waals surface area contributed by atoms with Gasteiger partial charge in [-0.25, -0.2) is 14.8 Å². The monoisotopic (exact) mass is 513 g/mol. The molecule has 0 atom stereocenters. The average Bonchev–Trinajstić information content (AvgIpc) is 3.44. The smallest absolute Gasteiger partial charge is 0.407 e. The number of rotatable bonds is 4. The number of anilines is 2. The van der Waals surface area contributed by atoms with Gasteiger partial charge in [-0.15, -0.1) is 11.3 Å². The molecular formula is C24H27N5O4S2. The van der Waals surface area contributed by atoms with E-state index in [2.05, 4.69) is 20.5 Å². The summed E-state index contributed by atoms with van der Waals surface area (Å²) in [5.41, 5.74) is 1.57. The van der Waals surface area contributed by atoms with Crippen LogP contribution in [0.1, 0.15) is 49.2 Å². The number of fused-ring (bicyclic) bond motifs is 2. The van der Waals surface area contributed by atoms with E-state index in [-0.39, 0.29) is 18.0 Å². The van der Waals surface area contributed by atoms with Gasteiger partial charge in [-0.1, -0.05) is 11.3 Å². The maximum atomic E-state index is 12.8. The summed E-state index contributed by atoms with van der Waals surface area (Å²) in [5, 5.41) is 6.84. The SMILES string of the molecule is Cc1nc2cc(NC(=O)c3cc4sc(N5CCC(NC(=O)OC(C)(C)C)CC5)nc4s3)ccc2o1. The van der Waals surface area contributed by atoms with Crippen LogP contribution in [-0.2, 0) is 4.74 Å². The molecule has 4 heterocycles. The fourth-order valence-electron chi connectivity index (χ4n) is 3.97. The molecule has 1 fully saturated rings. The van der Waals surface area contributed by atoms with Gasteiger partial charge in [0, 0.05) is 31.7 Å². The number of nitrogens with one attached hydrogen (secondary N) is 2. The third kappa shape index (κ3) is 5.40. The Morgan fingerprint density at radius 3 is 2.63 bits per heavy atom. The van der Waals surface area contributed by atoms with Crippen LogP contribution in [-0.4, -0.2) is 46.7 Å². The van der Waals surface area contributed by atoms with Crippen LogP contribution in [0.3, 0.4) is 0 Å². The van der Waals surface area contributed by atoms with Crippen LogP contribution in [0.4, 0.5) is 15.6 Å². The van der Waals surface area contributed by atoms with Crippen molar-refractivity contribution in [3.05, 3.63) is 35.0 Å². The van der Waals surface area contributed by atoms with Gasteiger partial charge in [0.15, 0.2) is 16.6 Å². The van der Waals surface area contributed by atoms with Gasteiger partial charge in [0.25, 0.3) is 5.91 Å². The lowest BCUT2D eigenvalue weighted by Crippen LogP contribution is -2.46. The summed E-state index contributed by atoms with van der Waals surface area (Å²) >= 11 is 2.97. The first-order valence-corrected chi connectivity index (χ1v) is 13.1. The normalized spacial score (nSPS) is 15.0. The molecule has 9 nitrogen and oxygen atoms in total. The Balaban J connectivity index is 1.19. The number of hydrogen-bond acceptors (Lipinski definition) is 9. The number of thiophene rings is 1. The van der Waals surface area contributed by atoms with E-state index in [0.29, 0.717) is 27.6 Å². The van der Waals surface area contributed by atoms with Gasteiger partial charge in [0.05, 0.1) is 9.58 Å². The predicted molar refractivity (Wildman–Crippen MR) is 139 cm³/mol. The minimum atomic E-state index is -0.503. The molecule has 4 aromatic rings. The number of piperidine rings is 1. The second-order valence-corrected chi connectivity index (χ2v) is 11.6. The fourth-order valence-corrected chi connectivity index (χ4v) is 6.13. The molecule has 0 aliphatic carbocycles. The van der Waals surface area contributed by atoms with Crippen molar-refractivity contribution >= 4 is 66.1 Å². The van der Waals surface area contributed by atoms with Crippen LogP contribution in [0, 0.1) is 6.92 Å². The van der Waals surface area contributed by atoms with Crippen LogP contribution in [0.15, 0.2) is 28.7 Å². The summed E-state index contributed by atoms with van der Waals surface area (Å²) in [6.07, 6.45) is 1.29. The standard InChI is InChI=1S/C24H27N5O4S2/c1-13-25-16-11-15(5-6-17(16)32-13)26-20(30)18-12-19-21(34-18)28-22(35-19)29-9-7-14(8-10-29)27-23(31)33-24(2,3)4/h5-6,11-12,14H,7-10H2,1-4H3,(H,26,30)(H,27,31). The number of nitrogens with zero attached hydrogens (tertiary/aromatic N) is 3. The lowest BCUT2D eigenvalue weighted by atomic mass is 10.1. The third-order valence-electron chi connectivity index (χ3n) is 5.54. The molecule has 5 rings (SSSR count). The molecule has 35 heavy (non-hydrogen) atoms. The van der Waals surface area contributed by atoms with E-state index < -0.39 is 5.60 Å². The molecule has 2 amide bonds. The first-order valence-electron chi connectivity index (χ1n) is 11.5. The molecule has 2 N–H and O–H groups in total. The van der Waals surface area contributed by atoms with Gasteiger partial charge < -0.3 is 24.7 Å². The summed E-state index contributed by atoms with van der Waals surface area (Å²) < 4.78 is 11.8. The number of thiazole rings is 1. The molecule has 0 radical (unpaired) electrons. The van der Waals surface area contributed by atoms with Crippen molar-refractivity contribution in [3.8, 4) is 0 Å². The van der Waals surface area contributed by atoms with Gasteiger partial charge in [0.2, 0.25) is 0 Å². The van der Waals surface area contributed by atoms with Crippen LogP contribution < -0.4 is 15.5 Å². The zero-order valence-electron chi connectivity index (χ0n) is 20.0. The number of amides is 2. The summed E-state index contributed by atoms with van der Waals surface area (Å²) in [6, 6.07) is 7.40. The van der Waals surface area contributed by atoms with E-state index in [1.807, 2.05) is 26.8 Å². The van der Waals surface area contributed by atoms with E-state index in [1.165, 1.54) is 11.3 Å². The highest BCUT2D eigenvalue weighted by Crippen LogP contribution is 2.36. The summed E-state index contributed by atoms with van der Waals surface area (Å²) in [6.45, 7) is 8.97. The lowest BCUT2D eigenvalue weighted by Gasteiger charge is -2.32. The Morgan fingerprint density at radius 1 is 1.14 bits per heavy atom. The maximum absolute atomic E-state index is 12.8. The Morgan fingerprint density at radius 2 is 1.91 bits per heavy atom. The number of benzene rings is 1. The molecule has 0 bridgehead atoms. The minimum Gasteiger partial charge on any atom is -0.444 e. The van der Waals surface area contributed by atoms with Crippen molar-refractivity contribution in [2.75, 3.05) is 23.3 Å². The van der Waals surface area contributed by atoms with E-state index >= 15 is 0 Å². The molecule has 0 saturated carbocycles. The molecule has 11 heteroatoms. The van der Waals surface area contributed by atoms with Crippen molar-refractivity contribution in [2.45, 2.75) is 52.2 Å². The number of oxazole rings is 1. The number of hydrogen-bond donors (Lipinski definition) is 2. The van der Waals surface area contributed by atoms with Crippen molar-refractivity contribution in [1.82, 2.24) is 15.3 Å². The zero-order valence-corrected chi connectivity index (χ0v) is 21.6. The van der Waals surface area contributed by atoms with Crippen molar-refractivity contribution in [2.24, 2.45) is 0 Å². The number of aryl methyl sites for hydroxylation is 1. The molecule has 3 aromatic heterocycles. The van der Waals surface area contributed by atoms with E-state index in [9.17, 15) is 9.59 Å². The lowest BCUT2D eigenvalue weighted by molar-refractivity contribution is 0.0497. The first-order chi connectivity index (χ1) is 16.6. The molecule has 1 aliphatic heterocycles. The average molecular weight is 514 g/mol. The Kier molecular flexibility index (Phi) is 6.14. The Hall–Kier alpha value is -3.18. The quantitative estimate of drug-likeness (QED) is 0.368. The van der Waals surface area contributed by atoms with Gasteiger partial charge in [-0.05, 0) is 57.9 Å². The molecule has 0 unspecified atom stereocenters. The van der Waals surface area contributed by atoms with Crippen molar-refractivity contribution in [3.63, 3.8) is 0 Å². The van der Waals surface area contributed by atoms with Crippen LogP contribution in [0.2, 0.25) is 0 Å². The Bertz CT molecular complexity index is 1360. The molecular weight excluding hydrogens is 486 g/mol. The summed E-state index contributed by atoms with van der Waals surface area (Å²) in [4.78, 5) is 37.6. The van der Waals surface area contributed by atoms with E-state index in [4.69, 9.17) is 14.1 Å². The Labute approximate surface area is 210 Å². The van der Waals surface area contributed by atoms with Crippen LogP contribution >= 0.6 is 22.7 Å². The minimum absolute atomic E-state index is 0.0952. The maximum Gasteiger partial charge on any atom is 0.407 e. The molecule has 0 spiro atoms. The molecule has 1 saturated heterocycles. The highest BCUT2D eigenvalue weighted by Gasteiger charge is 2.25. The van der Waals surface area contributed by atoms with Crippen molar-refractivity contribution in [1.29, 1.82) is 0 Å². The highest BCUT2D eigenvalue weighted by molar-refractivity contribution is 7.29. The molecule has 184 valence electrons. The highest BCUT2D eigenvalue weighted by atomic mass is 32.1. The summed E-state index contributed by atoms with van der Waals surface area (Å²) in [5.74, 6) is 0.419. The second kappa shape index (κ2) is 9.12. The van der Waals surface area contributed by atoms with Gasteiger partial charge >= 0.3 is 6.09 Å². The number of alkyl carbamates (subject to hydrolysis) is 1. The zero-order chi connectivity index (χ0) is 24.7. The van der Waals surface area contributed by atoms with Crippen LogP contribution in [0.25, 0.3) is 20.6 Å². The van der Waals surface area contributed by atoms with Crippen LogP contribution in [0.5, 0.6) is 0 Å².